The van der Waals surface area contributed by atoms with Crippen LogP contribution in [0.4, 0.5) is 5.69 Å². The number of nitrogens with one attached hydrogen (secondary N) is 2. The zero-order chi connectivity index (χ0) is 45.8. The number of phenols is 1. The van der Waals surface area contributed by atoms with E-state index in [1.54, 1.807) is 56.7 Å². The predicted molar refractivity (Wildman–Crippen MR) is 228 cm³/mol. The lowest BCUT2D eigenvalue weighted by Gasteiger charge is -2.36. The maximum Gasteiger partial charge on any atom is 0.312 e. The number of hydrogen-bond donors (Lipinski definition) is 4. The molecule has 1 amide bonds. The zero-order valence-corrected chi connectivity index (χ0v) is 36.7. The molecule has 17 nitrogen and oxygen atoms in total. The standard InChI is InChI=1S/C47H52N4O13/c1-22-10-9-11-23(2)46(57)50-36-39(55)33-32(35-43(36)62-31-20-28(12-13-29(31)49-35)59-19-17-51-16-15-48-21-51)34-41(25(4)37(33)53)64-47(7,45(34)56)60-18-14-30(58-8)24(3)42(61-27(6)52)44-38(54)26(5)40(22)63-44/h9-16,18,20-22,24,26,30,35,38,40,42,44,49,53-54H,17,19H2,1-8H3,(H,50,57)/b10-9+,18-14+,23-11-/t22-,24+,26-,30-,35?,38+,40-,42+,44+,47-/m0/s1. The number of allylic oxidation sites excluding steroid dienone is 3. The normalized spacial score (nSPS) is 31.6. The van der Waals surface area contributed by atoms with Gasteiger partial charge in [-0.1, -0.05) is 39.0 Å². The van der Waals surface area contributed by atoms with E-state index in [-0.39, 0.29) is 62.6 Å². The van der Waals surface area contributed by atoms with Crippen molar-refractivity contribution in [3.05, 3.63) is 107 Å². The first kappa shape index (κ1) is 44.2. The number of ketones is 2. The van der Waals surface area contributed by atoms with E-state index in [4.69, 9.17) is 33.2 Å². The van der Waals surface area contributed by atoms with E-state index in [1.807, 2.05) is 30.7 Å². The molecule has 1 unspecified atom stereocenters. The minimum absolute atomic E-state index is 0.0112. The Morgan fingerprint density at radius 3 is 2.56 bits per heavy atom. The summed E-state index contributed by atoms with van der Waals surface area (Å²) in [5.41, 5.74) is 0.349. The van der Waals surface area contributed by atoms with Gasteiger partial charge in [0, 0.05) is 73.9 Å². The van der Waals surface area contributed by atoms with Crippen LogP contribution >= 0.6 is 0 Å². The van der Waals surface area contributed by atoms with Gasteiger partial charge in [0.15, 0.2) is 11.5 Å². The Kier molecular flexibility index (Phi) is 11.9. The molecule has 6 heterocycles. The van der Waals surface area contributed by atoms with Gasteiger partial charge in [0.05, 0.1) is 54.3 Å². The predicted octanol–water partition coefficient (Wildman–Crippen LogP) is 5.37. The molecule has 1 aromatic heterocycles. The number of benzene rings is 2. The molecule has 0 spiro atoms. The highest BCUT2D eigenvalue weighted by Crippen LogP contribution is 2.54. The van der Waals surface area contributed by atoms with E-state index < -0.39 is 77.5 Å². The van der Waals surface area contributed by atoms with Gasteiger partial charge in [-0.05, 0) is 32.1 Å². The van der Waals surface area contributed by atoms with Crippen molar-refractivity contribution in [2.45, 2.75) is 97.4 Å². The molecule has 5 aliphatic heterocycles. The summed E-state index contributed by atoms with van der Waals surface area (Å²) in [5, 5.41) is 29.4. The van der Waals surface area contributed by atoms with Crippen LogP contribution in [0.3, 0.4) is 0 Å². The summed E-state index contributed by atoms with van der Waals surface area (Å²) in [6.07, 6.45) is 8.84. The summed E-state index contributed by atoms with van der Waals surface area (Å²) < 4.78 is 44.8. The Balaban J connectivity index is 1.22. The summed E-state index contributed by atoms with van der Waals surface area (Å²) in [6, 6.07) is 4.02. The molecule has 1 fully saturated rings. The molecule has 17 heteroatoms. The maximum absolute atomic E-state index is 14.8. The number of rotatable bonds is 6. The van der Waals surface area contributed by atoms with Crippen molar-refractivity contribution < 1.29 is 62.5 Å². The Morgan fingerprint density at radius 2 is 1.84 bits per heavy atom. The van der Waals surface area contributed by atoms with Gasteiger partial charge in [0.25, 0.3) is 11.7 Å². The van der Waals surface area contributed by atoms with Crippen LogP contribution in [0, 0.1) is 24.7 Å². The molecule has 6 aliphatic rings. The van der Waals surface area contributed by atoms with Gasteiger partial charge in [-0.15, -0.1) is 0 Å². The van der Waals surface area contributed by atoms with Gasteiger partial charge in [0.1, 0.15) is 47.8 Å². The molecule has 4 N–H and O–H groups in total. The smallest absolute Gasteiger partial charge is 0.312 e. The number of aromatic hydroxyl groups is 1. The molecular weight excluding hydrogens is 829 g/mol. The maximum atomic E-state index is 14.8. The first-order chi connectivity index (χ1) is 30.5. The molecule has 1 aliphatic carbocycles. The minimum atomic E-state index is -2.01. The van der Waals surface area contributed by atoms with Crippen molar-refractivity contribution in [2.75, 3.05) is 19.0 Å². The fourth-order valence-corrected chi connectivity index (χ4v) is 9.00. The quantitative estimate of drug-likeness (QED) is 0.229. The Bertz CT molecular complexity index is 2510. The van der Waals surface area contributed by atoms with Gasteiger partial charge >= 0.3 is 11.8 Å². The molecule has 1 saturated heterocycles. The van der Waals surface area contributed by atoms with Crippen LogP contribution in [-0.2, 0) is 35.1 Å². The molecule has 338 valence electrons. The van der Waals surface area contributed by atoms with Crippen LogP contribution in [0.5, 0.6) is 23.0 Å². The highest BCUT2D eigenvalue weighted by atomic mass is 16.7. The van der Waals surface area contributed by atoms with Gasteiger partial charge in [-0.3, -0.25) is 19.2 Å². The molecule has 3 aromatic rings. The first-order valence-corrected chi connectivity index (χ1v) is 21.2. The number of anilines is 1. The second-order valence-electron chi connectivity index (χ2n) is 16.9. The SMILES string of the molecule is CO[C@H]1/C=C/O[C@@]2(C)Oc3c(C)c(O)c4c(c3C2=O)C2Nc3ccc(OCCn5ccnc5)cc3OC2=C(NC(=O)/C(C)=C\C=C\[C@H](C)[C@@H]2O[C@H]([C@H](O)[C@@H]2C)[C@H](OC(C)=O)[C@@H]1C)C4=O. The molecule has 0 saturated carbocycles. The number of carbonyl (C=O) groups is 4. The van der Waals surface area contributed by atoms with Gasteiger partial charge in [0.2, 0.25) is 5.78 Å². The third kappa shape index (κ3) is 7.81. The van der Waals surface area contributed by atoms with Crippen molar-refractivity contribution in [2.24, 2.45) is 17.8 Å². The minimum Gasteiger partial charge on any atom is -0.507 e. The fraction of sp³-hybridized carbons (Fsp3) is 0.426. The van der Waals surface area contributed by atoms with Gasteiger partial charge in [-0.2, -0.15) is 0 Å². The summed E-state index contributed by atoms with van der Waals surface area (Å²) in [4.78, 5) is 60.0. The lowest BCUT2D eigenvalue weighted by atomic mass is 9.80. The third-order valence-electron chi connectivity index (χ3n) is 12.6. The molecule has 2 aromatic carbocycles. The van der Waals surface area contributed by atoms with E-state index >= 15 is 0 Å². The summed E-state index contributed by atoms with van der Waals surface area (Å²) >= 11 is 0. The number of fused-ring (bicyclic) bond motifs is 9. The number of aliphatic hydroxyl groups excluding tert-OH is 1. The summed E-state index contributed by atoms with van der Waals surface area (Å²) in [7, 11) is 1.46. The number of Topliss-reactive ketones (excluding diaryl/α,β-unsaturated/α-hetero) is 2. The first-order valence-electron chi connectivity index (χ1n) is 21.2. The number of phenolic OH excluding ortho intramolecular Hbond substituents is 1. The van der Waals surface area contributed by atoms with E-state index in [0.717, 1.165) is 0 Å². The lowest BCUT2D eigenvalue weighted by Crippen LogP contribution is -2.46. The van der Waals surface area contributed by atoms with E-state index in [1.165, 1.54) is 40.2 Å². The molecule has 0 radical (unpaired) electrons. The Hall–Kier alpha value is -6.43. The third-order valence-corrected chi connectivity index (χ3v) is 12.6. The van der Waals surface area contributed by atoms with Crippen molar-refractivity contribution in [3.8, 4) is 23.0 Å². The van der Waals surface area contributed by atoms with Crippen LogP contribution in [0.15, 0.2) is 84.5 Å². The number of hydrogen-bond acceptors (Lipinski definition) is 15. The van der Waals surface area contributed by atoms with Crippen molar-refractivity contribution in [3.63, 3.8) is 0 Å². The van der Waals surface area contributed by atoms with Crippen LogP contribution in [0.25, 0.3) is 0 Å². The van der Waals surface area contributed by atoms with Gasteiger partial charge in [-0.25, -0.2) is 4.98 Å². The number of methoxy groups -OCH3 is 1. The van der Waals surface area contributed by atoms with Crippen LogP contribution in [0.1, 0.15) is 79.4 Å². The number of nitrogens with zero attached hydrogens (tertiary/aromatic N) is 2. The highest BCUT2D eigenvalue weighted by Gasteiger charge is 2.54. The zero-order valence-electron chi connectivity index (χ0n) is 36.7. The summed E-state index contributed by atoms with van der Waals surface area (Å²) in [5.74, 6) is -5.72. The van der Waals surface area contributed by atoms with E-state index in [0.29, 0.717) is 24.6 Å². The molecule has 10 atom stereocenters. The lowest BCUT2D eigenvalue weighted by molar-refractivity contribution is -0.168. The number of esters is 1. The Labute approximate surface area is 369 Å². The van der Waals surface area contributed by atoms with Crippen LogP contribution < -0.4 is 24.8 Å². The molecule has 64 heavy (non-hydrogen) atoms. The second kappa shape index (κ2) is 17.3. The topological polar surface area (TPSA) is 215 Å². The largest absolute Gasteiger partial charge is 0.507 e. The van der Waals surface area contributed by atoms with E-state index in [9.17, 15) is 29.4 Å². The van der Waals surface area contributed by atoms with E-state index in [2.05, 4.69) is 15.6 Å². The number of carbonyl (C=O) groups excluding carboxylic acids is 4. The highest BCUT2D eigenvalue weighted by molar-refractivity contribution is 6.19. The monoisotopic (exact) mass is 880 g/mol. The number of amides is 1. The molecular formula is C47H52N4O13. The average molecular weight is 881 g/mol. The average Bonchev–Trinajstić information content (AvgIpc) is 3.96. The molecule has 9 rings (SSSR count). The van der Waals surface area contributed by atoms with Crippen molar-refractivity contribution >= 4 is 29.1 Å². The number of ether oxygens (including phenoxy) is 7. The Morgan fingerprint density at radius 1 is 1.06 bits per heavy atom. The fourth-order valence-electron chi connectivity index (χ4n) is 9.00. The number of imidazole rings is 1. The number of aliphatic hydroxyl groups is 1. The van der Waals surface area contributed by atoms with Crippen LogP contribution in [-0.4, -0.2) is 93.2 Å². The van der Waals surface area contributed by atoms with Crippen molar-refractivity contribution in [1.29, 1.82) is 0 Å². The molecule has 7 bridgehead atoms. The number of aromatic nitrogens is 2. The summed E-state index contributed by atoms with van der Waals surface area (Å²) in [6.45, 7) is 12.2. The van der Waals surface area contributed by atoms with Gasteiger partial charge < -0.3 is 58.6 Å². The van der Waals surface area contributed by atoms with Crippen LogP contribution in [0.2, 0.25) is 0 Å². The second-order valence-corrected chi connectivity index (χ2v) is 16.9. The van der Waals surface area contributed by atoms with Crippen molar-refractivity contribution in [1.82, 2.24) is 14.9 Å².